The van der Waals surface area contributed by atoms with Crippen molar-refractivity contribution in [3.05, 3.63) is 64.5 Å². The maximum Gasteiger partial charge on any atom is 0.422 e. The monoisotopic (exact) mass is 365 g/mol. The van der Waals surface area contributed by atoms with E-state index in [0.29, 0.717) is 11.2 Å². The van der Waals surface area contributed by atoms with Gasteiger partial charge >= 0.3 is 12.1 Å². The van der Waals surface area contributed by atoms with Crippen LogP contribution in [0.5, 0.6) is 0 Å². The molecule has 0 amide bonds. The number of nitrogens with zero attached hydrogens (tertiary/aromatic N) is 3. The summed E-state index contributed by atoms with van der Waals surface area (Å²) in [4.78, 5) is 26.6. The normalized spacial score (nSPS) is 11.5. The summed E-state index contributed by atoms with van der Waals surface area (Å²) in [6.45, 7) is -1.73. The molecule has 0 radical (unpaired) electrons. The third kappa shape index (κ3) is 3.48. The number of halogens is 3. The third-order valence-electron chi connectivity index (χ3n) is 3.44. The number of carbonyl (C=O) groups excluding carboxylic acids is 1. The van der Waals surface area contributed by atoms with Crippen LogP contribution in [-0.2, 0) is 4.74 Å². The molecule has 0 N–H and O–H groups in total. The summed E-state index contributed by atoms with van der Waals surface area (Å²) in [5.41, 5.74) is 0.355. The Bertz CT molecular complexity index is 981. The fraction of sp³-hybridized carbons (Fsp3) is 0.125. The van der Waals surface area contributed by atoms with Crippen LogP contribution in [0, 0.1) is 10.1 Å². The van der Waals surface area contributed by atoms with E-state index in [2.05, 4.69) is 9.72 Å². The molecule has 0 saturated heterocycles. The van der Waals surface area contributed by atoms with Gasteiger partial charge in [-0.2, -0.15) is 13.2 Å². The first-order valence-corrected chi connectivity index (χ1v) is 7.22. The lowest BCUT2D eigenvalue weighted by Gasteiger charge is -2.09. The second kappa shape index (κ2) is 6.47. The smallest absolute Gasteiger partial charge is 0.422 e. The number of pyridine rings is 1. The Balaban J connectivity index is 2.07. The number of nitro groups is 1. The Morgan fingerprint density at radius 2 is 1.88 bits per heavy atom. The van der Waals surface area contributed by atoms with Crippen LogP contribution in [0.25, 0.3) is 16.9 Å². The zero-order valence-electron chi connectivity index (χ0n) is 12.9. The molecule has 0 aliphatic carbocycles. The molecule has 0 aliphatic rings. The maximum absolute atomic E-state index is 12.4. The molecule has 0 atom stereocenters. The van der Waals surface area contributed by atoms with Crippen LogP contribution in [0.4, 0.5) is 18.9 Å². The third-order valence-corrected chi connectivity index (χ3v) is 3.44. The lowest BCUT2D eigenvalue weighted by atomic mass is 10.1. The Morgan fingerprint density at radius 3 is 2.50 bits per heavy atom. The van der Waals surface area contributed by atoms with Gasteiger partial charge in [0, 0.05) is 23.9 Å². The molecule has 0 saturated carbocycles. The fourth-order valence-electron chi connectivity index (χ4n) is 2.35. The number of ether oxygens (including phenoxy) is 1. The average molecular weight is 365 g/mol. The van der Waals surface area contributed by atoms with E-state index in [1.165, 1.54) is 34.9 Å². The molecular formula is C16H10F3N3O4. The number of fused-ring (bicyclic) bond motifs is 1. The number of esters is 1. The van der Waals surface area contributed by atoms with E-state index < -0.39 is 23.7 Å². The molecule has 134 valence electrons. The van der Waals surface area contributed by atoms with Gasteiger partial charge in [0.2, 0.25) is 0 Å². The summed E-state index contributed by atoms with van der Waals surface area (Å²) < 4.78 is 42.7. The summed E-state index contributed by atoms with van der Waals surface area (Å²) in [6.07, 6.45) is -3.20. The largest absolute Gasteiger partial charge is 0.451 e. The van der Waals surface area contributed by atoms with Crippen molar-refractivity contribution in [3.63, 3.8) is 0 Å². The zero-order chi connectivity index (χ0) is 18.9. The molecule has 0 spiro atoms. The Kier molecular flexibility index (Phi) is 4.33. The molecule has 0 unspecified atom stereocenters. The van der Waals surface area contributed by atoms with Crippen molar-refractivity contribution >= 4 is 17.3 Å². The van der Waals surface area contributed by atoms with Crippen molar-refractivity contribution in [2.45, 2.75) is 6.18 Å². The summed E-state index contributed by atoms with van der Waals surface area (Å²) in [5.74, 6) is -1.20. The average Bonchev–Trinajstić information content (AvgIpc) is 2.98. The highest BCUT2D eigenvalue weighted by Crippen LogP contribution is 2.27. The molecular weight excluding hydrogens is 355 g/mol. The number of imidazole rings is 1. The summed E-state index contributed by atoms with van der Waals surface area (Å²) in [7, 11) is 0. The summed E-state index contributed by atoms with van der Waals surface area (Å²) in [5, 5.41) is 10.7. The molecule has 3 aromatic rings. The van der Waals surface area contributed by atoms with E-state index >= 15 is 0 Å². The van der Waals surface area contributed by atoms with Crippen LogP contribution in [0.3, 0.4) is 0 Å². The van der Waals surface area contributed by atoms with Gasteiger partial charge in [-0.05, 0) is 24.3 Å². The van der Waals surface area contributed by atoms with Crippen molar-refractivity contribution in [1.82, 2.24) is 9.38 Å². The second-order valence-electron chi connectivity index (χ2n) is 5.23. The van der Waals surface area contributed by atoms with Gasteiger partial charge < -0.3 is 4.74 Å². The van der Waals surface area contributed by atoms with Gasteiger partial charge in [-0.25, -0.2) is 9.78 Å². The van der Waals surface area contributed by atoms with Crippen molar-refractivity contribution in [3.8, 4) is 11.3 Å². The van der Waals surface area contributed by atoms with Gasteiger partial charge in [-0.1, -0.05) is 6.07 Å². The zero-order valence-corrected chi connectivity index (χ0v) is 12.9. The number of nitro benzene ring substituents is 1. The van der Waals surface area contributed by atoms with Crippen molar-refractivity contribution < 1.29 is 27.6 Å². The first kappa shape index (κ1) is 17.4. The van der Waals surface area contributed by atoms with Gasteiger partial charge in [0.15, 0.2) is 12.3 Å². The Hall–Kier alpha value is -3.43. The minimum absolute atomic E-state index is 0.0678. The molecule has 0 aliphatic heterocycles. The first-order chi connectivity index (χ1) is 12.3. The van der Waals surface area contributed by atoms with Crippen LogP contribution in [0.15, 0.2) is 48.7 Å². The molecule has 0 bridgehead atoms. The van der Waals surface area contributed by atoms with Gasteiger partial charge in [0.25, 0.3) is 5.69 Å². The Labute approximate surface area is 143 Å². The van der Waals surface area contributed by atoms with Crippen LogP contribution in [0.2, 0.25) is 0 Å². The maximum atomic E-state index is 12.4. The van der Waals surface area contributed by atoms with E-state index in [-0.39, 0.29) is 17.1 Å². The highest BCUT2D eigenvalue weighted by atomic mass is 19.4. The molecule has 3 rings (SSSR count). The predicted octanol–water partition coefficient (Wildman–Crippen LogP) is 3.63. The molecule has 7 nitrogen and oxygen atoms in total. The highest BCUT2D eigenvalue weighted by Gasteiger charge is 2.31. The van der Waals surface area contributed by atoms with E-state index in [1.54, 1.807) is 18.2 Å². The first-order valence-electron chi connectivity index (χ1n) is 7.22. The van der Waals surface area contributed by atoms with E-state index in [0.717, 1.165) is 0 Å². The number of hydrogen-bond donors (Lipinski definition) is 0. The number of carbonyl (C=O) groups is 1. The van der Waals surface area contributed by atoms with Crippen molar-refractivity contribution in [2.24, 2.45) is 0 Å². The summed E-state index contributed by atoms with van der Waals surface area (Å²) >= 11 is 0. The number of alkyl halides is 3. The SMILES string of the molecule is O=C(OCC(F)(F)F)c1c(-c2ccc([N+](=O)[O-])cc2)nc2ccccn12. The highest BCUT2D eigenvalue weighted by molar-refractivity contribution is 5.96. The standard InChI is InChI=1S/C16H10F3N3O4/c17-16(18,19)9-26-15(23)14-13(20-12-3-1-2-8-21(12)14)10-4-6-11(7-5-10)22(24)25/h1-8H,9H2. The van der Waals surface area contributed by atoms with E-state index in [1.807, 2.05) is 0 Å². The summed E-state index contributed by atoms with van der Waals surface area (Å²) in [6, 6.07) is 9.94. The van der Waals surface area contributed by atoms with Crippen LogP contribution in [-0.4, -0.2) is 33.1 Å². The molecule has 2 aromatic heterocycles. The predicted molar refractivity (Wildman–Crippen MR) is 83.6 cm³/mol. The number of aromatic nitrogens is 2. The minimum Gasteiger partial charge on any atom is -0.451 e. The molecule has 1 aromatic carbocycles. The number of rotatable bonds is 4. The van der Waals surface area contributed by atoms with Gasteiger partial charge in [0.05, 0.1) is 4.92 Å². The molecule has 26 heavy (non-hydrogen) atoms. The lowest BCUT2D eigenvalue weighted by Crippen LogP contribution is -2.21. The minimum atomic E-state index is -4.66. The van der Waals surface area contributed by atoms with Gasteiger partial charge in [0.1, 0.15) is 11.3 Å². The van der Waals surface area contributed by atoms with Crippen LogP contribution >= 0.6 is 0 Å². The number of non-ortho nitro benzene ring substituents is 1. The quantitative estimate of drug-likeness (QED) is 0.400. The van der Waals surface area contributed by atoms with E-state index in [9.17, 15) is 28.1 Å². The molecule has 10 heteroatoms. The van der Waals surface area contributed by atoms with Gasteiger partial charge in [-0.15, -0.1) is 0 Å². The topological polar surface area (TPSA) is 86.7 Å². The van der Waals surface area contributed by atoms with Crippen molar-refractivity contribution in [2.75, 3.05) is 6.61 Å². The Morgan fingerprint density at radius 1 is 1.19 bits per heavy atom. The second-order valence-corrected chi connectivity index (χ2v) is 5.23. The number of hydrogen-bond acceptors (Lipinski definition) is 5. The van der Waals surface area contributed by atoms with Gasteiger partial charge in [-0.3, -0.25) is 14.5 Å². The van der Waals surface area contributed by atoms with E-state index in [4.69, 9.17) is 0 Å². The van der Waals surface area contributed by atoms with Crippen molar-refractivity contribution in [1.29, 1.82) is 0 Å². The fourth-order valence-corrected chi connectivity index (χ4v) is 2.35. The molecule has 0 fully saturated rings. The number of benzene rings is 1. The van der Waals surface area contributed by atoms with Crippen LogP contribution in [0.1, 0.15) is 10.5 Å². The molecule has 2 heterocycles. The lowest BCUT2D eigenvalue weighted by molar-refractivity contribution is -0.384. The van der Waals surface area contributed by atoms with Crippen LogP contribution < -0.4 is 0 Å².